The molecular weight excluding hydrogens is 530 g/mol. The summed E-state index contributed by atoms with van der Waals surface area (Å²) in [6.07, 6.45) is 1.06. The molecule has 2 unspecified atom stereocenters. The molecule has 0 aliphatic carbocycles. The summed E-state index contributed by atoms with van der Waals surface area (Å²) < 4.78 is 14.7. The summed E-state index contributed by atoms with van der Waals surface area (Å²) in [4.78, 5) is 28.6. The van der Waals surface area contributed by atoms with Gasteiger partial charge in [0.15, 0.2) is 0 Å². The van der Waals surface area contributed by atoms with E-state index in [4.69, 9.17) is 23.2 Å². The quantitative estimate of drug-likeness (QED) is 0.261. The lowest BCUT2D eigenvalue weighted by molar-refractivity contribution is -0.139. The molecule has 0 radical (unpaired) electrons. The van der Waals surface area contributed by atoms with Gasteiger partial charge in [0.05, 0.1) is 5.75 Å². The van der Waals surface area contributed by atoms with E-state index in [-0.39, 0.29) is 30.2 Å². The van der Waals surface area contributed by atoms with Gasteiger partial charge in [0.2, 0.25) is 11.8 Å². The van der Waals surface area contributed by atoms with Crippen LogP contribution in [0, 0.1) is 5.82 Å². The lowest BCUT2D eigenvalue weighted by Crippen LogP contribution is -2.52. The third-order valence-corrected chi connectivity index (χ3v) is 7.76. The van der Waals surface area contributed by atoms with Crippen molar-refractivity contribution in [3.63, 3.8) is 0 Å². The number of amides is 2. The Morgan fingerprint density at radius 3 is 2.27 bits per heavy atom. The molecule has 196 valence electrons. The Hall–Kier alpha value is -2.54. The minimum atomic E-state index is -0.812. The summed E-state index contributed by atoms with van der Waals surface area (Å²) >= 11 is 13.9. The summed E-state index contributed by atoms with van der Waals surface area (Å²) in [6, 6.07) is 20.3. The van der Waals surface area contributed by atoms with Crippen LogP contribution >= 0.6 is 35.0 Å². The van der Waals surface area contributed by atoms with E-state index in [1.807, 2.05) is 44.2 Å². The lowest BCUT2D eigenvalue weighted by atomic mass is 10.0. The number of nitrogens with zero attached hydrogens (tertiary/aromatic N) is 1. The molecule has 3 aromatic carbocycles. The van der Waals surface area contributed by atoms with Gasteiger partial charge in [0.1, 0.15) is 11.9 Å². The monoisotopic (exact) mass is 560 g/mol. The molecule has 0 saturated heterocycles. The topological polar surface area (TPSA) is 49.4 Å². The number of halogens is 3. The van der Waals surface area contributed by atoms with Crippen molar-refractivity contribution in [2.45, 2.75) is 51.1 Å². The number of carbonyl (C=O) groups is 2. The fraction of sp³-hybridized carbons (Fsp3) is 0.310. The highest BCUT2D eigenvalue weighted by molar-refractivity contribution is 7.99. The van der Waals surface area contributed by atoms with Crippen molar-refractivity contribution >= 4 is 46.8 Å². The largest absolute Gasteiger partial charge is 0.352 e. The molecule has 37 heavy (non-hydrogen) atoms. The first-order valence-electron chi connectivity index (χ1n) is 12.2. The molecule has 0 aromatic heterocycles. The number of rotatable bonds is 12. The Balaban J connectivity index is 1.89. The van der Waals surface area contributed by atoms with E-state index in [0.717, 1.165) is 17.5 Å². The highest BCUT2D eigenvalue weighted by Gasteiger charge is 2.31. The van der Waals surface area contributed by atoms with Gasteiger partial charge >= 0.3 is 0 Å². The van der Waals surface area contributed by atoms with Crippen molar-refractivity contribution in [1.29, 1.82) is 0 Å². The summed E-state index contributed by atoms with van der Waals surface area (Å²) in [5.41, 5.74) is 2.01. The zero-order valence-electron chi connectivity index (χ0n) is 20.9. The van der Waals surface area contributed by atoms with Crippen LogP contribution in [-0.2, 0) is 28.3 Å². The number of carbonyl (C=O) groups excluding carboxylic acids is 2. The summed E-state index contributed by atoms with van der Waals surface area (Å²) in [5, 5.41) is 4.08. The lowest BCUT2D eigenvalue weighted by Gasteiger charge is -2.32. The van der Waals surface area contributed by atoms with Crippen LogP contribution in [0.1, 0.15) is 37.0 Å². The average Bonchev–Trinajstić information content (AvgIpc) is 2.89. The van der Waals surface area contributed by atoms with Gasteiger partial charge < -0.3 is 10.2 Å². The SMILES string of the molecule is CCC(C)NC(=O)C(Cc1ccccc1)N(Cc1ccccc1F)C(=O)CSCc1c(Cl)cccc1Cl. The smallest absolute Gasteiger partial charge is 0.243 e. The van der Waals surface area contributed by atoms with Gasteiger partial charge in [0.25, 0.3) is 0 Å². The maximum Gasteiger partial charge on any atom is 0.243 e. The number of hydrogen-bond acceptors (Lipinski definition) is 3. The Labute approximate surface area is 232 Å². The first-order valence-corrected chi connectivity index (χ1v) is 14.1. The van der Waals surface area contributed by atoms with E-state index in [1.54, 1.807) is 36.4 Å². The molecule has 3 aromatic rings. The first-order chi connectivity index (χ1) is 17.8. The van der Waals surface area contributed by atoms with Crippen LogP contribution in [0.25, 0.3) is 0 Å². The van der Waals surface area contributed by atoms with E-state index in [0.29, 0.717) is 27.8 Å². The third-order valence-electron chi connectivity index (χ3n) is 6.10. The number of thioether (sulfide) groups is 1. The van der Waals surface area contributed by atoms with Crippen molar-refractivity contribution in [3.8, 4) is 0 Å². The number of hydrogen-bond donors (Lipinski definition) is 1. The molecule has 2 amide bonds. The number of benzene rings is 3. The van der Waals surface area contributed by atoms with Gasteiger partial charge in [-0.25, -0.2) is 4.39 Å². The van der Waals surface area contributed by atoms with E-state index in [1.165, 1.54) is 22.7 Å². The zero-order chi connectivity index (χ0) is 26.8. The molecule has 0 aliphatic heterocycles. The molecule has 0 aliphatic rings. The summed E-state index contributed by atoms with van der Waals surface area (Å²) in [7, 11) is 0. The Kier molecular flexibility index (Phi) is 11.3. The minimum Gasteiger partial charge on any atom is -0.352 e. The highest BCUT2D eigenvalue weighted by atomic mass is 35.5. The molecule has 3 rings (SSSR count). The van der Waals surface area contributed by atoms with Crippen LogP contribution in [0.2, 0.25) is 10.0 Å². The molecule has 0 fully saturated rings. The molecule has 0 spiro atoms. The van der Waals surface area contributed by atoms with Gasteiger partial charge in [-0.3, -0.25) is 9.59 Å². The van der Waals surface area contributed by atoms with Crippen molar-refractivity contribution in [1.82, 2.24) is 10.2 Å². The van der Waals surface area contributed by atoms with Gasteiger partial charge in [-0.15, -0.1) is 11.8 Å². The van der Waals surface area contributed by atoms with Gasteiger partial charge in [0, 0.05) is 40.4 Å². The molecule has 1 N–H and O–H groups in total. The fourth-order valence-electron chi connectivity index (χ4n) is 3.80. The molecule has 4 nitrogen and oxygen atoms in total. The fourth-order valence-corrected chi connectivity index (χ4v) is 5.45. The van der Waals surface area contributed by atoms with Crippen LogP contribution in [0.15, 0.2) is 72.8 Å². The summed E-state index contributed by atoms with van der Waals surface area (Å²) in [6.45, 7) is 3.88. The Morgan fingerprint density at radius 1 is 0.973 bits per heavy atom. The van der Waals surface area contributed by atoms with Gasteiger partial charge in [-0.1, -0.05) is 84.7 Å². The molecule has 8 heteroatoms. The molecule has 2 atom stereocenters. The molecule has 0 bridgehead atoms. The Bertz CT molecular complexity index is 1180. The highest BCUT2D eigenvalue weighted by Crippen LogP contribution is 2.28. The average molecular weight is 562 g/mol. The van der Waals surface area contributed by atoms with E-state index in [9.17, 15) is 14.0 Å². The predicted octanol–water partition coefficient (Wildman–Crippen LogP) is 6.92. The van der Waals surface area contributed by atoms with E-state index < -0.39 is 11.9 Å². The van der Waals surface area contributed by atoms with E-state index >= 15 is 0 Å². The van der Waals surface area contributed by atoms with Crippen LogP contribution in [0.5, 0.6) is 0 Å². The normalized spacial score (nSPS) is 12.6. The minimum absolute atomic E-state index is 0.0235. The van der Waals surface area contributed by atoms with Crippen molar-refractivity contribution < 1.29 is 14.0 Å². The van der Waals surface area contributed by atoms with Crippen LogP contribution < -0.4 is 5.32 Å². The molecule has 0 saturated carbocycles. The summed E-state index contributed by atoms with van der Waals surface area (Å²) in [5.74, 6) is -0.437. The van der Waals surface area contributed by atoms with Gasteiger partial charge in [-0.05, 0) is 42.7 Å². The number of nitrogens with one attached hydrogen (secondary N) is 1. The first kappa shape index (κ1) is 29.0. The third kappa shape index (κ3) is 8.49. The maximum atomic E-state index is 14.7. The second-order valence-corrected chi connectivity index (χ2v) is 10.6. The predicted molar refractivity (Wildman–Crippen MR) is 151 cm³/mol. The van der Waals surface area contributed by atoms with Crippen molar-refractivity contribution in [2.24, 2.45) is 0 Å². The molecular formula is C29H31Cl2FN2O2S. The standard InChI is InChI=1S/C29H31Cl2FN2O2S/c1-3-20(2)33-29(36)27(16-21-10-5-4-6-11-21)34(17-22-12-7-8-15-26(22)32)28(35)19-37-18-23-24(30)13-9-14-25(23)31/h4-15,20,27H,3,16-19H2,1-2H3,(H,33,36). The molecule has 0 heterocycles. The van der Waals surface area contributed by atoms with Crippen LogP contribution in [-0.4, -0.2) is 34.6 Å². The van der Waals surface area contributed by atoms with Crippen LogP contribution in [0.3, 0.4) is 0 Å². The second kappa shape index (κ2) is 14.4. The maximum absolute atomic E-state index is 14.7. The van der Waals surface area contributed by atoms with E-state index in [2.05, 4.69) is 5.32 Å². The van der Waals surface area contributed by atoms with Crippen molar-refractivity contribution in [3.05, 3.63) is 105 Å². The Morgan fingerprint density at radius 2 is 1.62 bits per heavy atom. The zero-order valence-corrected chi connectivity index (χ0v) is 23.3. The second-order valence-electron chi connectivity index (χ2n) is 8.83. The van der Waals surface area contributed by atoms with Crippen molar-refractivity contribution in [2.75, 3.05) is 5.75 Å². The van der Waals surface area contributed by atoms with Crippen LogP contribution in [0.4, 0.5) is 4.39 Å². The van der Waals surface area contributed by atoms with Gasteiger partial charge in [-0.2, -0.15) is 0 Å².